The van der Waals surface area contributed by atoms with Crippen LogP contribution in [-0.4, -0.2) is 48.7 Å². The highest BCUT2D eigenvalue weighted by atomic mass is 32.2. The quantitative estimate of drug-likeness (QED) is 0.648. The number of aromatic nitrogens is 2. The van der Waals surface area contributed by atoms with Crippen molar-refractivity contribution >= 4 is 32.2 Å². The van der Waals surface area contributed by atoms with E-state index in [0.717, 1.165) is 10.00 Å². The predicted molar refractivity (Wildman–Crippen MR) is 107 cm³/mol. The van der Waals surface area contributed by atoms with Gasteiger partial charge in [-0.25, -0.2) is 17.7 Å². The molecule has 3 aromatic rings. The molecule has 0 aliphatic rings. The molecular weight excluding hydrogens is 400 g/mol. The van der Waals surface area contributed by atoms with Crippen LogP contribution in [0, 0.1) is 6.92 Å². The third kappa shape index (κ3) is 3.98. The molecule has 0 radical (unpaired) electrons. The fraction of sp³-hybridized carbons (Fsp3) is 0.278. The van der Waals surface area contributed by atoms with Crippen molar-refractivity contribution in [2.24, 2.45) is 0 Å². The number of hydrogen-bond acceptors (Lipinski definition) is 6. The van der Waals surface area contributed by atoms with Gasteiger partial charge in [0.05, 0.1) is 4.90 Å². The summed E-state index contributed by atoms with van der Waals surface area (Å²) in [6.45, 7) is 2.11. The minimum absolute atomic E-state index is 0.126. The summed E-state index contributed by atoms with van der Waals surface area (Å²) in [5.74, 6) is -0.311. The molecule has 0 fully saturated rings. The number of fused-ring (bicyclic) bond motifs is 1. The maximum absolute atomic E-state index is 12.3. The van der Waals surface area contributed by atoms with E-state index in [9.17, 15) is 18.0 Å². The Hall–Kier alpha value is -2.56. The maximum atomic E-state index is 12.3. The largest absolute Gasteiger partial charge is 0.352 e. The van der Waals surface area contributed by atoms with E-state index in [1.54, 1.807) is 11.3 Å². The van der Waals surface area contributed by atoms with Gasteiger partial charge in [-0.1, -0.05) is 0 Å². The molecule has 1 amide bonds. The van der Waals surface area contributed by atoms with Gasteiger partial charge in [0.2, 0.25) is 10.0 Å². The highest BCUT2D eigenvalue weighted by molar-refractivity contribution is 7.89. The molecule has 0 aliphatic carbocycles. The fourth-order valence-corrected chi connectivity index (χ4v) is 4.53. The van der Waals surface area contributed by atoms with Crippen LogP contribution < -0.4 is 10.9 Å². The van der Waals surface area contributed by atoms with E-state index in [1.807, 2.05) is 5.38 Å². The fourth-order valence-electron chi connectivity index (χ4n) is 2.65. The van der Waals surface area contributed by atoms with Gasteiger partial charge in [-0.15, -0.1) is 11.3 Å². The minimum atomic E-state index is -3.53. The number of amides is 1. The predicted octanol–water partition coefficient (Wildman–Crippen LogP) is 1.29. The Morgan fingerprint density at radius 1 is 1.25 bits per heavy atom. The molecular formula is C18H20N4O4S2. The first kappa shape index (κ1) is 20.2. The molecule has 2 aromatic heterocycles. The number of carbonyl (C=O) groups is 1. The summed E-state index contributed by atoms with van der Waals surface area (Å²) >= 11 is 1.38. The molecule has 0 spiro atoms. The first-order valence-electron chi connectivity index (χ1n) is 8.48. The zero-order valence-corrected chi connectivity index (χ0v) is 17.3. The Morgan fingerprint density at radius 3 is 2.57 bits per heavy atom. The number of nitrogens with one attached hydrogen (secondary N) is 1. The summed E-state index contributed by atoms with van der Waals surface area (Å²) in [6.07, 6.45) is 0.476. The van der Waals surface area contributed by atoms with Crippen LogP contribution >= 0.6 is 11.3 Å². The van der Waals surface area contributed by atoms with Gasteiger partial charge in [0.15, 0.2) is 4.96 Å². The Balaban J connectivity index is 1.66. The van der Waals surface area contributed by atoms with E-state index < -0.39 is 10.0 Å². The summed E-state index contributed by atoms with van der Waals surface area (Å²) in [6, 6.07) is 7.24. The van der Waals surface area contributed by atoms with E-state index in [0.29, 0.717) is 29.2 Å². The molecule has 0 aliphatic heterocycles. The highest BCUT2D eigenvalue weighted by Crippen LogP contribution is 2.15. The van der Waals surface area contributed by atoms with Crippen molar-refractivity contribution < 1.29 is 13.2 Å². The molecule has 28 heavy (non-hydrogen) atoms. The van der Waals surface area contributed by atoms with Gasteiger partial charge in [-0.2, -0.15) is 0 Å². The molecule has 148 valence electrons. The van der Waals surface area contributed by atoms with Crippen molar-refractivity contribution in [2.45, 2.75) is 18.2 Å². The number of thiazole rings is 1. The molecule has 0 atom stereocenters. The van der Waals surface area contributed by atoms with Crippen LogP contribution in [0.1, 0.15) is 21.7 Å². The van der Waals surface area contributed by atoms with E-state index in [1.165, 1.54) is 55.8 Å². The summed E-state index contributed by atoms with van der Waals surface area (Å²) < 4.78 is 26.8. The van der Waals surface area contributed by atoms with Crippen LogP contribution in [-0.2, 0) is 16.4 Å². The van der Waals surface area contributed by atoms with Crippen molar-refractivity contribution in [2.75, 3.05) is 20.6 Å². The lowest BCUT2D eigenvalue weighted by molar-refractivity contribution is 0.0954. The van der Waals surface area contributed by atoms with Gasteiger partial charge in [-0.05, 0) is 31.2 Å². The van der Waals surface area contributed by atoms with Gasteiger partial charge in [0.25, 0.3) is 11.5 Å². The van der Waals surface area contributed by atoms with Crippen LogP contribution in [0.5, 0.6) is 0 Å². The second-order valence-electron chi connectivity index (χ2n) is 6.40. The van der Waals surface area contributed by atoms with E-state index in [2.05, 4.69) is 10.3 Å². The van der Waals surface area contributed by atoms with Crippen molar-refractivity contribution in [3.05, 3.63) is 63.0 Å². The van der Waals surface area contributed by atoms with Gasteiger partial charge in [0, 0.05) is 55.5 Å². The molecule has 0 saturated carbocycles. The van der Waals surface area contributed by atoms with E-state index >= 15 is 0 Å². The van der Waals surface area contributed by atoms with Crippen molar-refractivity contribution in [1.29, 1.82) is 0 Å². The van der Waals surface area contributed by atoms with Crippen LogP contribution in [0.15, 0.2) is 45.4 Å². The number of benzene rings is 1. The van der Waals surface area contributed by atoms with Gasteiger partial charge < -0.3 is 5.32 Å². The molecule has 8 nitrogen and oxygen atoms in total. The number of rotatable bonds is 6. The molecule has 0 bridgehead atoms. The third-order valence-electron chi connectivity index (χ3n) is 4.17. The average molecular weight is 421 g/mol. The lowest BCUT2D eigenvalue weighted by atomic mass is 10.2. The average Bonchev–Trinajstić information content (AvgIpc) is 3.04. The minimum Gasteiger partial charge on any atom is -0.352 e. The standard InChI is InChI=1S/C18H20N4O4S2/c1-12-10-16(23)22-14(11-27-18(22)20-12)8-9-19-17(24)13-4-6-15(7-5-13)28(25,26)21(2)3/h4-7,10-11H,8-9H2,1-3H3,(H,19,24). The van der Waals surface area contributed by atoms with E-state index in [4.69, 9.17) is 0 Å². The van der Waals surface area contributed by atoms with Crippen molar-refractivity contribution in [3.63, 3.8) is 0 Å². The lowest BCUT2D eigenvalue weighted by Crippen LogP contribution is -2.27. The molecule has 3 rings (SSSR count). The van der Waals surface area contributed by atoms with Crippen LogP contribution in [0.4, 0.5) is 0 Å². The zero-order chi connectivity index (χ0) is 20.5. The monoisotopic (exact) mass is 420 g/mol. The molecule has 1 N–H and O–H groups in total. The van der Waals surface area contributed by atoms with Crippen LogP contribution in [0.3, 0.4) is 0 Å². The smallest absolute Gasteiger partial charge is 0.258 e. The molecule has 10 heteroatoms. The number of nitrogens with zero attached hydrogens (tertiary/aromatic N) is 3. The Kier molecular flexibility index (Phi) is 5.64. The Bertz CT molecular complexity index is 1180. The lowest BCUT2D eigenvalue weighted by Gasteiger charge is -2.11. The maximum Gasteiger partial charge on any atom is 0.258 e. The molecule has 1 aromatic carbocycles. The van der Waals surface area contributed by atoms with Gasteiger partial charge in [-0.3, -0.25) is 14.0 Å². The normalized spacial score (nSPS) is 11.9. The van der Waals surface area contributed by atoms with Crippen LogP contribution in [0.25, 0.3) is 4.96 Å². The van der Waals surface area contributed by atoms with Crippen molar-refractivity contribution in [1.82, 2.24) is 19.0 Å². The number of hydrogen-bond donors (Lipinski definition) is 1. The first-order chi connectivity index (χ1) is 13.2. The topological polar surface area (TPSA) is 101 Å². The Labute approximate surface area is 166 Å². The second kappa shape index (κ2) is 7.82. The summed E-state index contributed by atoms with van der Waals surface area (Å²) in [5, 5.41) is 4.64. The second-order valence-corrected chi connectivity index (χ2v) is 9.39. The third-order valence-corrected chi connectivity index (χ3v) is 6.87. The Morgan fingerprint density at radius 2 is 1.93 bits per heavy atom. The van der Waals surface area contributed by atoms with Crippen molar-refractivity contribution in [3.8, 4) is 0 Å². The number of sulfonamides is 1. The number of aryl methyl sites for hydroxylation is 1. The zero-order valence-electron chi connectivity index (χ0n) is 15.7. The van der Waals surface area contributed by atoms with Crippen LogP contribution in [0.2, 0.25) is 0 Å². The number of carbonyl (C=O) groups excluding carboxylic acids is 1. The molecule has 0 unspecified atom stereocenters. The summed E-state index contributed by atoms with van der Waals surface area (Å²) in [4.78, 5) is 29.5. The summed E-state index contributed by atoms with van der Waals surface area (Å²) in [7, 11) is -0.628. The SMILES string of the molecule is Cc1cc(=O)n2c(CCNC(=O)c3ccc(S(=O)(=O)N(C)C)cc3)csc2n1. The van der Waals surface area contributed by atoms with Gasteiger partial charge >= 0.3 is 0 Å². The molecule has 2 heterocycles. The van der Waals surface area contributed by atoms with E-state index in [-0.39, 0.29) is 16.4 Å². The molecule has 0 saturated heterocycles. The van der Waals surface area contributed by atoms with Gasteiger partial charge in [0.1, 0.15) is 0 Å². The first-order valence-corrected chi connectivity index (χ1v) is 10.8. The summed E-state index contributed by atoms with van der Waals surface area (Å²) in [5.41, 5.74) is 1.68. The highest BCUT2D eigenvalue weighted by Gasteiger charge is 2.17.